The second kappa shape index (κ2) is 7.40. The maximum absolute atomic E-state index is 13.1. The quantitative estimate of drug-likeness (QED) is 0.622. The molecule has 28 heavy (non-hydrogen) atoms. The first-order chi connectivity index (χ1) is 13.5. The van der Waals surface area contributed by atoms with Crippen LogP contribution in [0.15, 0.2) is 48.9 Å². The van der Waals surface area contributed by atoms with Crippen LogP contribution in [0.4, 0.5) is 5.95 Å². The average molecular weight is 378 g/mol. The van der Waals surface area contributed by atoms with E-state index in [4.69, 9.17) is 5.73 Å². The molecule has 2 aromatic heterocycles. The van der Waals surface area contributed by atoms with Crippen molar-refractivity contribution in [2.45, 2.75) is 25.0 Å². The Morgan fingerprint density at radius 2 is 2.04 bits per heavy atom. The highest BCUT2D eigenvalue weighted by atomic mass is 16.3. The van der Waals surface area contributed by atoms with Crippen molar-refractivity contribution in [2.24, 2.45) is 13.0 Å². The van der Waals surface area contributed by atoms with E-state index < -0.39 is 0 Å². The highest BCUT2D eigenvalue weighted by Crippen LogP contribution is 2.38. The van der Waals surface area contributed by atoms with E-state index in [1.807, 2.05) is 43.6 Å². The number of aryl methyl sites for hydroxylation is 1. The van der Waals surface area contributed by atoms with Crippen molar-refractivity contribution in [3.05, 3.63) is 60.0 Å². The minimum absolute atomic E-state index is 0.112. The molecule has 8 nitrogen and oxygen atoms in total. The summed E-state index contributed by atoms with van der Waals surface area (Å²) in [6.45, 7) is 0. The Balaban J connectivity index is 1.65. The first-order valence-corrected chi connectivity index (χ1v) is 9.16. The van der Waals surface area contributed by atoms with Crippen molar-refractivity contribution in [2.75, 3.05) is 5.73 Å². The molecule has 0 bridgehead atoms. The zero-order valence-corrected chi connectivity index (χ0v) is 15.5. The Bertz CT molecular complexity index is 981. The number of carbonyl (C=O) groups excluding carboxylic acids is 1. The van der Waals surface area contributed by atoms with Crippen LogP contribution in [-0.4, -0.2) is 36.9 Å². The number of nitrogens with one attached hydrogen (secondary N) is 1. The van der Waals surface area contributed by atoms with Gasteiger partial charge in [-0.25, -0.2) is 9.97 Å². The summed E-state index contributed by atoms with van der Waals surface area (Å²) in [7, 11) is 1.83. The Kier molecular flexibility index (Phi) is 4.79. The van der Waals surface area contributed by atoms with E-state index in [2.05, 4.69) is 20.4 Å². The summed E-state index contributed by atoms with van der Waals surface area (Å²) in [6, 6.07) is 9.16. The maximum Gasteiger partial charge on any atom is 0.255 e. The Labute approximate surface area is 162 Å². The molecule has 1 aliphatic carbocycles. The highest BCUT2D eigenvalue weighted by Gasteiger charge is 2.36. The predicted octanol–water partition coefficient (Wildman–Crippen LogP) is 1.70. The van der Waals surface area contributed by atoms with Crippen LogP contribution in [0.1, 0.15) is 34.8 Å². The molecule has 1 aromatic carbocycles. The van der Waals surface area contributed by atoms with Gasteiger partial charge in [0.2, 0.25) is 5.95 Å². The van der Waals surface area contributed by atoms with Crippen LogP contribution in [0.5, 0.6) is 0 Å². The molecule has 1 atom stereocenters. The van der Waals surface area contributed by atoms with Crippen molar-refractivity contribution >= 4 is 11.9 Å². The van der Waals surface area contributed by atoms with Gasteiger partial charge in [-0.2, -0.15) is 5.10 Å². The van der Waals surface area contributed by atoms with Gasteiger partial charge in [0.1, 0.15) is 0 Å². The molecule has 2 heterocycles. The van der Waals surface area contributed by atoms with E-state index in [-0.39, 0.29) is 29.9 Å². The fraction of sp³-hybridized carbons (Fsp3) is 0.300. The fourth-order valence-corrected chi connectivity index (χ4v) is 3.57. The summed E-state index contributed by atoms with van der Waals surface area (Å²) in [5.74, 6) is -0.0200. The fourth-order valence-electron chi connectivity index (χ4n) is 3.57. The van der Waals surface area contributed by atoms with Crippen molar-refractivity contribution in [3.8, 4) is 11.3 Å². The lowest BCUT2D eigenvalue weighted by atomic mass is 9.75. The summed E-state index contributed by atoms with van der Waals surface area (Å²) in [5, 5.41) is 17.0. The SMILES string of the molecule is Cn1cc([C@H](NC(=O)c2cnc(N)nc2-c2ccccc2)C2CC(O)C2)cn1. The minimum atomic E-state index is -0.319. The van der Waals surface area contributed by atoms with Gasteiger partial charge in [-0.3, -0.25) is 9.48 Å². The first-order valence-electron chi connectivity index (χ1n) is 9.16. The smallest absolute Gasteiger partial charge is 0.255 e. The number of aliphatic hydroxyl groups is 1. The molecule has 4 rings (SSSR count). The number of aromatic nitrogens is 4. The molecule has 0 saturated heterocycles. The molecule has 0 spiro atoms. The molecule has 1 amide bonds. The summed E-state index contributed by atoms with van der Waals surface area (Å²) < 4.78 is 1.70. The molecule has 3 aromatic rings. The number of amides is 1. The number of hydrogen-bond acceptors (Lipinski definition) is 6. The summed E-state index contributed by atoms with van der Waals surface area (Å²) in [4.78, 5) is 21.4. The largest absolute Gasteiger partial charge is 0.393 e. The van der Waals surface area contributed by atoms with Gasteiger partial charge in [0, 0.05) is 30.6 Å². The number of benzene rings is 1. The van der Waals surface area contributed by atoms with Crippen molar-refractivity contribution in [1.29, 1.82) is 0 Å². The van der Waals surface area contributed by atoms with Crippen molar-refractivity contribution in [1.82, 2.24) is 25.1 Å². The van der Waals surface area contributed by atoms with Gasteiger partial charge in [0.15, 0.2) is 0 Å². The summed E-state index contributed by atoms with van der Waals surface area (Å²) in [6.07, 6.45) is 6.05. The molecule has 1 saturated carbocycles. The summed E-state index contributed by atoms with van der Waals surface area (Å²) >= 11 is 0. The second-order valence-electron chi connectivity index (χ2n) is 7.14. The predicted molar refractivity (Wildman–Crippen MR) is 104 cm³/mol. The number of nitrogen functional groups attached to an aromatic ring is 1. The normalized spacial score (nSPS) is 19.6. The number of carbonyl (C=O) groups is 1. The van der Waals surface area contributed by atoms with Crippen molar-refractivity contribution < 1.29 is 9.90 Å². The Hall–Kier alpha value is -3.26. The number of anilines is 1. The van der Waals surface area contributed by atoms with E-state index in [0.717, 1.165) is 11.1 Å². The second-order valence-corrected chi connectivity index (χ2v) is 7.14. The Morgan fingerprint density at radius 1 is 1.29 bits per heavy atom. The molecule has 144 valence electrons. The molecule has 1 fully saturated rings. The third kappa shape index (κ3) is 3.59. The molecular weight excluding hydrogens is 356 g/mol. The van der Waals surface area contributed by atoms with Gasteiger partial charge in [-0.1, -0.05) is 30.3 Å². The summed E-state index contributed by atoms with van der Waals surface area (Å²) in [5.41, 5.74) is 8.31. The molecule has 8 heteroatoms. The molecule has 0 unspecified atom stereocenters. The minimum Gasteiger partial charge on any atom is -0.393 e. The zero-order chi connectivity index (χ0) is 19.7. The molecular formula is C20H22N6O2. The van der Waals surface area contributed by atoms with E-state index in [1.165, 1.54) is 6.20 Å². The van der Waals surface area contributed by atoms with E-state index in [1.54, 1.807) is 10.9 Å². The highest BCUT2D eigenvalue weighted by molar-refractivity contribution is 6.00. The molecule has 0 aliphatic heterocycles. The molecule has 1 aliphatic rings. The molecule has 0 radical (unpaired) electrons. The lowest BCUT2D eigenvalue weighted by molar-refractivity contribution is 0.0235. The third-order valence-corrected chi connectivity index (χ3v) is 5.09. The van der Waals surface area contributed by atoms with Crippen LogP contribution >= 0.6 is 0 Å². The number of rotatable bonds is 5. The monoisotopic (exact) mass is 378 g/mol. The van der Waals surface area contributed by atoms with Gasteiger partial charge in [-0.05, 0) is 18.8 Å². The average Bonchev–Trinajstić information content (AvgIpc) is 3.10. The van der Waals surface area contributed by atoms with Gasteiger partial charge < -0.3 is 16.2 Å². The van der Waals surface area contributed by atoms with Gasteiger partial charge in [0.25, 0.3) is 5.91 Å². The van der Waals surface area contributed by atoms with Crippen LogP contribution in [-0.2, 0) is 7.05 Å². The standard InChI is InChI=1S/C20H22N6O2/c1-26-11-14(9-23-26)17(13-7-15(27)8-13)24-19(28)16-10-22-20(21)25-18(16)12-5-3-2-4-6-12/h2-6,9-11,13,15,17,27H,7-8H2,1H3,(H,24,28)(H2,21,22,25)/t13?,15?,17-/m1/s1. The lowest BCUT2D eigenvalue weighted by Crippen LogP contribution is -2.41. The van der Waals surface area contributed by atoms with Crippen LogP contribution in [0.2, 0.25) is 0 Å². The first kappa shape index (κ1) is 18.1. The van der Waals surface area contributed by atoms with Gasteiger partial charge >= 0.3 is 0 Å². The number of hydrogen-bond donors (Lipinski definition) is 3. The number of nitrogens with zero attached hydrogens (tertiary/aromatic N) is 4. The van der Waals surface area contributed by atoms with Crippen LogP contribution < -0.4 is 11.1 Å². The van der Waals surface area contributed by atoms with Crippen molar-refractivity contribution in [3.63, 3.8) is 0 Å². The van der Waals surface area contributed by atoms with E-state index >= 15 is 0 Å². The topological polar surface area (TPSA) is 119 Å². The Morgan fingerprint density at radius 3 is 2.68 bits per heavy atom. The van der Waals surface area contributed by atoms with Crippen LogP contribution in [0, 0.1) is 5.92 Å². The maximum atomic E-state index is 13.1. The van der Waals surface area contributed by atoms with E-state index in [9.17, 15) is 9.90 Å². The third-order valence-electron chi connectivity index (χ3n) is 5.09. The van der Waals surface area contributed by atoms with Gasteiger partial charge in [0.05, 0.1) is 29.6 Å². The number of nitrogens with two attached hydrogens (primary N) is 1. The van der Waals surface area contributed by atoms with Crippen LogP contribution in [0.3, 0.4) is 0 Å². The van der Waals surface area contributed by atoms with Gasteiger partial charge in [-0.15, -0.1) is 0 Å². The molecule has 4 N–H and O–H groups in total. The van der Waals surface area contributed by atoms with Crippen LogP contribution in [0.25, 0.3) is 11.3 Å². The lowest BCUT2D eigenvalue weighted by Gasteiger charge is -2.37. The number of aliphatic hydroxyl groups excluding tert-OH is 1. The zero-order valence-electron chi connectivity index (χ0n) is 15.5. The van der Waals surface area contributed by atoms with E-state index in [0.29, 0.717) is 24.1 Å².